The van der Waals surface area contributed by atoms with Crippen LogP contribution in [0.3, 0.4) is 0 Å². The number of carbonyl (C=O) groups is 2. The number of hydrogen-bond donors (Lipinski definition) is 2. The fourth-order valence-corrected chi connectivity index (χ4v) is 2.91. The standard InChI is InChI=1S/C19H24N6O4/c1-28-10-11-29-17-3-2-15(12-22-17)23-19(27)25-8-4-14(5-9-25)18(26)24-16-13-20-6-7-21-16/h2-3,6-7,12-14H,4-5,8-11H2,1H3,(H,23,27)(H,21,24,26). The molecule has 0 atom stereocenters. The first-order valence-electron chi connectivity index (χ1n) is 9.36. The molecule has 0 unspecified atom stereocenters. The van der Waals surface area contributed by atoms with E-state index in [-0.39, 0.29) is 17.9 Å². The van der Waals surface area contributed by atoms with Crippen LogP contribution in [0.15, 0.2) is 36.9 Å². The van der Waals surface area contributed by atoms with E-state index in [4.69, 9.17) is 9.47 Å². The fourth-order valence-electron chi connectivity index (χ4n) is 2.91. The minimum Gasteiger partial charge on any atom is -0.475 e. The maximum absolute atomic E-state index is 12.5. The molecule has 0 radical (unpaired) electrons. The van der Waals surface area contributed by atoms with Crippen LogP contribution in [-0.4, -0.2) is 65.2 Å². The van der Waals surface area contributed by atoms with Crippen molar-refractivity contribution in [1.29, 1.82) is 0 Å². The molecule has 10 heteroatoms. The van der Waals surface area contributed by atoms with Gasteiger partial charge in [-0.3, -0.25) is 9.78 Å². The van der Waals surface area contributed by atoms with Crippen molar-refractivity contribution in [2.45, 2.75) is 12.8 Å². The normalized spacial score (nSPS) is 14.3. The van der Waals surface area contributed by atoms with Gasteiger partial charge < -0.3 is 25.0 Å². The van der Waals surface area contributed by atoms with Crippen LogP contribution in [0.2, 0.25) is 0 Å². The number of carbonyl (C=O) groups excluding carboxylic acids is 2. The number of ether oxygens (including phenoxy) is 2. The highest BCUT2D eigenvalue weighted by molar-refractivity contribution is 5.92. The second-order valence-electron chi connectivity index (χ2n) is 6.50. The van der Waals surface area contributed by atoms with Gasteiger partial charge >= 0.3 is 6.03 Å². The van der Waals surface area contributed by atoms with Gasteiger partial charge in [0, 0.05) is 44.6 Å². The van der Waals surface area contributed by atoms with Gasteiger partial charge in [-0.1, -0.05) is 0 Å². The average Bonchev–Trinajstić information content (AvgIpc) is 2.76. The van der Waals surface area contributed by atoms with E-state index in [0.29, 0.717) is 56.5 Å². The van der Waals surface area contributed by atoms with Gasteiger partial charge in [0.25, 0.3) is 0 Å². The Kier molecular flexibility index (Phi) is 7.28. The highest BCUT2D eigenvalue weighted by Crippen LogP contribution is 2.20. The van der Waals surface area contributed by atoms with Crippen LogP contribution in [0.1, 0.15) is 12.8 Å². The zero-order valence-electron chi connectivity index (χ0n) is 16.2. The van der Waals surface area contributed by atoms with E-state index in [2.05, 4.69) is 25.6 Å². The second kappa shape index (κ2) is 10.3. The lowest BCUT2D eigenvalue weighted by atomic mass is 9.96. The molecule has 0 bridgehead atoms. The number of urea groups is 1. The van der Waals surface area contributed by atoms with Crippen molar-refractivity contribution in [3.63, 3.8) is 0 Å². The lowest BCUT2D eigenvalue weighted by Gasteiger charge is -2.31. The first kappa shape index (κ1) is 20.5. The van der Waals surface area contributed by atoms with Crippen LogP contribution >= 0.6 is 0 Å². The van der Waals surface area contributed by atoms with Crippen LogP contribution in [-0.2, 0) is 9.53 Å². The average molecular weight is 400 g/mol. The summed E-state index contributed by atoms with van der Waals surface area (Å²) in [6.07, 6.45) is 7.29. The van der Waals surface area contributed by atoms with Gasteiger partial charge in [-0.25, -0.2) is 14.8 Å². The van der Waals surface area contributed by atoms with Crippen molar-refractivity contribution < 1.29 is 19.1 Å². The number of piperidine rings is 1. The number of amides is 3. The van der Waals surface area contributed by atoms with Crippen molar-refractivity contribution in [3.8, 4) is 5.88 Å². The van der Waals surface area contributed by atoms with Gasteiger partial charge in [0.1, 0.15) is 6.61 Å². The lowest BCUT2D eigenvalue weighted by molar-refractivity contribution is -0.121. The van der Waals surface area contributed by atoms with E-state index in [1.54, 1.807) is 36.5 Å². The molecule has 2 aromatic rings. The fraction of sp³-hybridized carbons (Fsp3) is 0.421. The van der Waals surface area contributed by atoms with E-state index in [1.807, 2.05) is 0 Å². The van der Waals surface area contributed by atoms with Crippen LogP contribution < -0.4 is 15.4 Å². The van der Waals surface area contributed by atoms with Gasteiger partial charge in [-0.2, -0.15) is 0 Å². The number of anilines is 2. The van der Waals surface area contributed by atoms with Gasteiger partial charge in [-0.15, -0.1) is 0 Å². The van der Waals surface area contributed by atoms with Gasteiger partial charge in [0.05, 0.1) is 24.7 Å². The largest absolute Gasteiger partial charge is 0.475 e. The van der Waals surface area contributed by atoms with E-state index < -0.39 is 0 Å². The molecule has 154 valence electrons. The molecule has 1 saturated heterocycles. The van der Waals surface area contributed by atoms with Gasteiger partial charge in [-0.05, 0) is 18.9 Å². The predicted molar refractivity (Wildman–Crippen MR) is 106 cm³/mol. The lowest BCUT2D eigenvalue weighted by Crippen LogP contribution is -2.43. The molecular weight excluding hydrogens is 376 g/mol. The Balaban J connectivity index is 1.43. The maximum atomic E-state index is 12.5. The highest BCUT2D eigenvalue weighted by atomic mass is 16.5. The molecule has 1 aliphatic heterocycles. The number of rotatable bonds is 7. The molecule has 2 aromatic heterocycles. The zero-order valence-corrected chi connectivity index (χ0v) is 16.2. The second-order valence-corrected chi connectivity index (χ2v) is 6.50. The smallest absolute Gasteiger partial charge is 0.321 e. The molecule has 1 fully saturated rings. The molecule has 3 amide bonds. The Bertz CT molecular complexity index is 794. The monoisotopic (exact) mass is 400 g/mol. The predicted octanol–water partition coefficient (Wildman–Crippen LogP) is 1.78. The van der Waals surface area contributed by atoms with Gasteiger partial charge in [0.2, 0.25) is 11.8 Å². The van der Waals surface area contributed by atoms with E-state index in [0.717, 1.165) is 0 Å². The molecule has 2 N–H and O–H groups in total. The highest BCUT2D eigenvalue weighted by Gasteiger charge is 2.27. The number of aromatic nitrogens is 3. The Morgan fingerprint density at radius 1 is 1.10 bits per heavy atom. The number of pyridine rings is 1. The summed E-state index contributed by atoms with van der Waals surface area (Å²) >= 11 is 0. The molecule has 10 nitrogen and oxygen atoms in total. The van der Waals surface area contributed by atoms with Crippen molar-refractivity contribution in [3.05, 3.63) is 36.9 Å². The Morgan fingerprint density at radius 2 is 1.93 bits per heavy atom. The SMILES string of the molecule is COCCOc1ccc(NC(=O)N2CCC(C(=O)Nc3cnccn3)CC2)cn1. The third kappa shape index (κ3) is 6.11. The van der Waals surface area contributed by atoms with Crippen LogP contribution in [0.5, 0.6) is 5.88 Å². The van der Waals surface area contributed by atoms with E-state index in [1.165, 1.54) is 12.4 Å². The van der Waals surface area contributed by atoms with E-state index >= 15 is 0 Å². The third-order valence-corrected chi connectivity index (χ3v) is 4.49. The molecule has 0 saturated carbocycles. The summed E-state index contributed by atoms with van der Waals surface area (Å²) in [5.74, 6) is 0.639. The molecule has 3 rings (SSSR count). The Labute approximate surface area is 168 Å². The Hall–Kier alpha value is -3.27. The van der Waals surface area contributed by atoms with Crippen molar-refractivity contribution >= 4 is 23.4 Å². The molecule has 1 aliphatic rings. The molecule has 3 heterocycles. The third-order valence-electron chi connectivity index (χ3n) is 4.49. The van der Waals surface area contributed by atoms with Crippen molar-refractivity contribution in [2.24, 2.45) is 5.92 Å². The quantitative estimate of drug-likeness (QED) is 0.680. The van der Waals surface area contributed by atoms with Crippen molar-refractivity contribution in [1.82, 2.24) is 19.9 Å². The molecular formula is C19H24N6O4. The van der Waals surface area contributed by atoms with Gasteiger partial charge in [0.15, 0.2) is 5.82 Å². The minimum atomic E-state index is -0.215. The number of nitrogens with one attached hydrogen (secondary N) is 2. The number of likely N-dealkylation sites (tertiary alicyclic amines) is 1. The Morgan fingerprint density at radius 3 is 2.59 bits per heavy atom. The number of nitrogens with zero attached hydrogens (tertiary/aromatic N) is 4. The molecule has 0 aromatic carbocycles. The van der Waals surface area contributed by atoms with Crippen LogP contribution in [0.25, 0.3) is 0 Å². The summed E-state index contributed by atoms with van der Waals surface area (Å²) in [4.78, 5) is 38.6. The molecule has 29 heavy (non-hydrogen) atoms. The maximum Gasteiger partial charge on any atom is 0.321 e. The number of hydrogen-bond acceptors (Lipinski definition) is 7. The molecule has 0 spiro atoms. The minimum absolute atomic E-state index is 0.0983. The van der Waals surface area contributed by atoms with Crippen LogP contribution in [0, 0.1) is 5.92 Å². The van der Waals surface area contributed by atoms with Crippen LogP contribution in [0.4, 0.5) is 16.3 Å². The summed E-state index contributed by atoms with van der Waals surface area (Å²) in [6, 6.07) is 3.20. The van der Waals surface area contributed by atoms with E-state index in [9.17, 15) is 9.59 Å². The summed E-state index contributed by atoms with van der Waals surface area (Å²) in [5.41, 5.74) is 0.580. The summed E-state index contributed by atoms with van der Waals surface area (Å²) in [7, 11) is 1.60. The first-order chi connectivity index (χ1) is 14.2. The summed E-state index contributed by atoms with van der Waals surface area (Å²) in [5, 5.41) is 5.57. The summed E-state index contributed by atoms with van der Waals surface area (Å²) < 4.78 is 10.3. The number of methoxy groups -OCH3 is 1. The molecule has 0 aliphatic carbocycles. The first-order valence-corrected chi connectivity index (χ1v) is 9.36. The summed E-state index contributed by atoms with van der Waals surface area (Å²) in [6.45, 7) is 1.88. The van der Waals surface area contributed by atoms with Crippen molar-refractivity contribution in [2.75, 3.05) is 44.0 Å². The topological polar surface area (TPSA) is 119 Å². The zero-order chi connectivity index (χ0) is 20.5.